The third-order valence-electron chi connectivity index (χ3n) is 2.04. The molecular formula is C12H16ClNO2. The van der Waals surface area contributed by atoms with Gasteiger partial charge in [0.15, 0.2) is 0 Å². The monoisotopic (exact) mass is 241 g/mol. The van der Waals surface area contributed by atoms with Gasteiger partial charge in [-0.3, -0.25) is 0 Å². The second kappa shape index (κ2) is 7.86. The van der Waals surface area contributed by atoms with Crippen LogP contribution in [0.4, 0.5) is 0 Å². The summed E-state index contributed by atoms with van der Waals surface area (Å²) in [5.41, 5.74) is 1.06. The van der Waals surface area contributed by atoms with Crippen LogP contribution in [0.15, 0.2) is 18.2 Å². The van der Waals surface area contributed by atoms with E-state index in [1.54, 1.807) is 14.2 Å². The smallest absolute Gasteiger partial charge is 0.127 e. The number of halogens is 1. The van der Waals surface area contributed by atoms with Gasteiger partial charge in [-0.2, -0.15) is 0 Å². The van der Waals surface area contributed by atoms with Crippen LogP contribution in [0.5, 0.6) is 11.5 Å². The van der Waals surface area contributed by atoms with Crippen LogP contribution in [0.3, 0.4) is 0 Å². The maximum absolute atomic E-state index is 5.25. The molecule has 0 fully saturated rings. The summed E-state index contributed by atoms with van der Waals surface area (Å²) in [6.07, 6.45) is 5.15. The number of nitrogens with one attached hydrogen (secondary N) is 1. The first-order valence-electron chi connectivity index (χ1n) is 4.67. The van der Waals surface area contributed by atoms with Gasteiger partial charge in [-0.05, 0) is 6.07 Å². The van der Waals surface area contributed by atoms with Gasteiger partial charge in [0.2, 0.25) is 0 Å². The summed E-state index contributed by atoms with van der Waals surface area (Å²) in [5, 5.41) is 3.11. The fraction of sp³-hybridized carbons (Fsp3) is 0.333. The molecule has 0 radical (unpaired) electrons. The number of hydrogen-bond donors (Lipinski definition) is 1. The van der Waals surface area contributed by atoms with E-state index >= 15 is 0 Å². The molecule has 0 aliphatic carbocycles. The van der Waals surface area contributed by atoms with Crippen LogP contribution in [0.2, 0.25) is 0 Å². The van der Waals surface area contributed by atoms with Crippen molar-refractivity contribution in [1.29, 1.82) is 0 Å². The zero-order chi connectivity index (χ0) is 11.1. The van der Waals surface area contributed by atoms with Gasteiger partial charge in [0.05, 0.1) is 20.8 Å². The van der Waals surface area contributed by atoms with Crippen molar-refractivity contribution in [3.8, 4) is 23.8 Å². The van der Waals surface area contributed by atoms with Crippen molar-refractivity contribution in [1.82, 2.24) is 5.32 Å². The fourth-order valence-corrected chi connectivity index (χ4v) is 1.27. The van der Waals surface area contributed by atoms with Crippen molar-refractivity contribution in [2.75, 3.05) is 20.8 Å². The average Bonchev–Trinajstić information content (AvgIpc) is 2.29. The van der Waals surface area contributed by atoms with E-state index in [9.17, 15) is 0 Å². The van der Waals surface area contributed by atoms with Crippen molar-refractivity contribution >= 4 is 12.4 Å². The predicted octanol–water partition coefficient (Wildman–Crippen LogP) is 1.85. The fourth-order valence-electron chi connectivity index (χ4n) is 1.27. The molecule has 0 aromatic heterocycles. The molecule has 0 bridgehead atoms. The lowest BCUT2D eigenvalue weighted by atomic mass is 10.2. The summed E-state index contributed by atoms with van der Waals surface area (Å²) in [7, 11) is 3.27. The van der Waals surface area contributed by atoms with Gasteiger partial charge in [-0.25, -0.2) is 0 Å². The summed E-state index contributed by atoms with van der Waals surface area (Å²) in [6.45, 7) is 1.24. The summed E-state index contributed by atoms with van der Waals surface area (Å²) in [6, 6.07) is 5.71. The van der Waals surface area contributed by atoms with Gasteiger partial charge >= 0.3 is 0 Å². The van der Waals surface area contributed by atoms with Gasteiger partial charge < -0.3 is 14.8 Å². The highest BCUT2D eigenvalue weighted by molar-refractivity contribution is 5.85. The van der Waals surface area contributed by atoms with E-state index in [-0.39, 0.29) is 12.4 Å². The second-order valence-electron chi connectivity index (χ2n) is 2.99. The molecule has 0 amide bonds. The van der Waals surface area contributed by atoms with E-state index < -0.39 is 0 Å². The van der Waals surface area contributed by atoms with Crippen LogP contribution in [-0.4, -0.2) is 20.8 Å². The number of benzene rings is 1. The third-order valence-corrected chi connectivity index (χ3v) is 2.04. The van der Waals surface area contributed by atoms with E-state index in [1.165, 1.54) is 0 Å². The lowest BCUT2D eigenvalue weighted by Gasteiger charge is -2.10. The SMILES string of the molecule is C#CCNCc1ccc(OC)cc1OC.Cl. The summed E-state index contributed by atoms with van der Waals surface area (Å²) >= 11 is 0. The zero-order valence-corrected chi connectivity index (χ0v) is 10.3. The Kier molecular flexibility index (Phi) is 7.19. The number of rotatable bonds is 5. The normalized spacial score (nSPS) is 8.81. The first-order valence-corrected chi connectivity index (χ1v) is 4.67. The maximum atomic E-state index is 5.25. The average molecular weight is 242 g/mol. The van der Waals surface area contributed by atoms with Crippen molar-refractivity contribution in [2.24, 2.45) is 0 Å². The predicted molar refractivity (Wildman–Crippen MR) is 67.3 cm³/mol. The topological polar surface area (TPSA) is 30.5 Å². The van der Waals surface area contributed by atoms with Crippen LogP contribution < -0.4 is 14.8 Å². The molecule has 1 aromatic rings. The highest BCUT2D eigenvalue weighted by atomic mass is 35.5. The molecular weight excluding hydrogens is 226 g/mol. The van der Waals surface area contributed by atoms with E-state index in [0.29, 0.717) is 13.1 Å². The summed E-state index contributed by atoms with van der Waals surface area (Å²) in [5.74, 6) is 4.11. The van der Waals surface area contributed by atoms with Crippen molar-refractivity contribution < 1.29 is 9.47 Å². The van der Waals surface area contributed by atoms with Gasteiger partial charge in [0.25, 0.3) is 0 Å². The molecule has 0 aliphatic rings. The molecule has 0 spiro atoms. The van der Waals surface area contributed by atoms with E-state index in [1.807, 2.05) is 18.2 Å². The first-order chi connectivity index (χ1) is 7.31. The molecule has 0 saturated heterocycles. The van der Waals surface area contributed by atoms with Crippen molar-refractivity contribution in [2.45, 2.75) is 6.54 Å². The summed E-state index contributed by atoms with van der Waals surface area (Å²) in [4.78, 5) is 0. The van der Waals surface area contributed by atoms with Gasteiger partial charge in [-0.1, -0.05) is 12.0 Å². The molecule has 1 N–H and O–H groups in total. The maximum Gasteiger partial charge on any atom is 0.127 e. The minimum Gasteiger partial charge on any atom is -0.497 e. The quantitative estimate of drug-likeness (QED) is 0.631. The van der Waals surface area contributed by atoms with Crippen molar-refractivity contribution in [3.05, 3.63) is 23.8 Å². The van der Waals surface area contributed by atoms with Crippen LogP contribution in [0, 0.1) is 12.3 Å². The van der Waals surface area contributed by atoms with Crippen LogP contribution >= 0.6 is 12.4 Å². The van der Waals surface area contributed by atoms with Gasteiger partial charge in [0.1, 0.15) is 11.5 Å². The third kappa shape index (κ3) is 4.01. The van der Waals surface area contributed by atoms with Crippen LogP contribution in [-0.2, 0) is 6.54 Å². The number of terminal acetylenes is 1. The molecule has 0 atom stereocenters. The Morgan fingerprint density at radius 2 is 2.06 bits per heavy atom. The lowest BCUT2D eigenvalue weighted by Crippen LogP contribution is -2.13. The Balaban J connectivity index is 0.00000225. The first kappa shape index (κ1) is 14.6. The Morgan fingerprint density at radius 3 is 2.62 bits per heavy atom. The standard InChI is InChI=1S/C12H15NO2.ClH/c1-4-7-13-9-10-5-6-11(14-2)8-12(10)15-3;/h1,5-6,8,13H,7,9H2,2-3H3;1H. The molecule has 88 valence electrons. The number of ether oxygens (including phenoxy) is 2. The highest BCUT2D eigenvalue weighted by Gasteiger charge is 2.03. The Labute approximate surface area is 103 Å². The van der Waals surface area contributed by atoms with E-state index in [4.69, 9.17) is 15.9 Å². The van der Waals surface area contributed by atoms with Gasteiger partial charge in [0, 0.05) is 18.2 Å². The highest BCUT2D eigenvalue weighted by Crippen LogP contribution is 2.24. The zero-order valence-electron chi connectivity index (χ0n) is 9.45. The molecule has 1 rings (SSSR count). The van der Waals surface area contributed by atoms with Gasteiger partial charge in [-0.15, -0.1) is 18.8 Å². The second-order valence-corrected chi connectivity index (χ2v) is 2.99. The molecule has 4 heteroatoms. The molecule has 16 heavy (non-hydrogen) atoms. The van der Waals surface area contributed by atoms with Crippen molar-refractivity contribution in [3.63, 3.8) is 0 Å². The van der Waals surface area contributed by atoms with Crippen LogP contribution in [0.1, 0.15) is 5.56 Å². The summed E-state index contributed by atoms with van der Waals surface area (Å²) < 4.78 is 10.4. The Hall–Kier alpha value is -1.37. The minimum absolute atomic E-state index is 0. The number of hydrogen-bond acceptors (Lipinski definition) is 3. The molecule has 1 aromatic carbocycles. The molecule has 0 saturated carbocycles. The van der Waals surface area contributed by atoms with E-state index in [0.717, 1.165) is 17.1 Å². The Bertz CT molecular complexity index is 361. The molecule has 3 nitrogen and oxygen atoms in total. The minimum atomic E-state index is 0. The molecule has 0 heterocycles. The molecule has 0 unspecified atom stereocenters. The number of methoxy groups -OCH3 is 2. The largest absolute Gasteiger partial charge is 0.497 e. The lowest BCUT2D eigenvalue weighted by molar-refractivity contribution is 0.390. The van der Waals surface area contributed by atoms with Crippen LogP contribution in [0.25, 0.3) is 0 Å². The Morgan fingerprint density at radius 1 is 1.31 bits per heavy atom. The van der Waals surface area contributed by atoms with E-state index in [2.05, 4.69) is 11.2 Å². The molecule has 0 aliphatic heterocycles.